The summed E-state index contributed by atoms with van der Waals surface area (Å²) in [4.78, 5) is 61.1. The standard InChI is InChI=1S/C25H31N5O8/c26-17(12-21(27)33)22(34)28-18(10-15-6-8-16(32)9-7-15)23(35)30-20(13-31)24(36)29-19(25(37)38)11-14-4-2-1-3-5-14/h1-9,17-20,31-32H,10-13,26H2,(H2,27,33)(H,28,34)(H,29,36)(H,30,35)(H,37,38). The summed E-state index contributed by atoms with van der Waals surface area (Å²) >= 11 is 0. The number of aliphatic hydroxyl groups is 1. The number of hydrogen-bond acceptors (Lipinski definition) is 8. The number of amides is 4. The Hall–Kier alpha value is -4.49. The first-order valence-corrected chi connectivity index (χ1v) is 11.6. The number of rotatable bonds is 14. The van der Waals surface area contributed by atoms with Crippen LogP contribution in [0.2, 0.25) is 0 Å². The molecule has 0 radical (unpaired) electrons. The number of aliphatic hydroxyl groups excluding tert-OH is 1. The van der Waals surface area contributed by atoms with E-state index in [-0.39, 0.29) is 18.6 Å². The number of primary amides is 1. The fraction of sp³-hybridized carbons (Fsp3) is 0.320. The molecule has 13 nitrogen and oxygen atoms in total. The zero-order valence-corrected chi connectivity index (χ0v) is 20.4. The number of phenolic OH excluding ortho intramolecular Hbond substituents is 1. The highest BCUT2D eigenvalue weighted by Gasteiger charge is 2.30. The van der Waals surface area contributed by atoms with E-state index in [4.69, 9.17) is 11.5 Å². The van der Waals surface area contributed by atoms with E-state index in [2.05, 4.69) is 16.0 Å². The van der Waals surface area contributed by atoms with Crippen LogP contribution in [0.1, 0.15) is 17.5 Å². The average Bonchev–Trinajstić information content (AvgIpc) is 2.87. The van der Waals surface area contributed by atoms with Gasteiger partial charge in [0.25, 0.3) is 0 Å². The molecule has 0 saturated carbocycles. The molecule has 4 atom stereocenters. The first-order chi connectivity index (χ1) is 18.0. The summed E-state index contributed by atoms with van der Waals surface area (Å²) in [6.07, 6.45) is -0.614. The minimum absolute atomic E-state index is 0.0252. The second-order valence-electron chi connectivity index (χ2n) is 8.54. The van der Waals surface area contributed by atoms with Gasteiger partial charge in [-0.3, -0.25) is 19.2 Å². The van der Waals surface area contributed by atoms with Crippen LogP contribution >= 0.6 is 0 Å². The number of hydrogen-bond donors (Lipinski definition) is 8. The highest BCUT2D eigenvalue weighted by Crippen LogP contribution is 2.12. The Morgan fingerprint density at radius 1 is 0.737 bits per heavy atom. The molecule has 4 amide bonds. The smallest absolute Gasteiger partial charge is 0.326 e. The summed E-state index contributed by atoms with van der Waals surface area (Å²) in [7, 11) is 0. The maximum Gasteiger partial charge on any atom is 0.326 e. The number of benzene rings is 2. The second kappa shape index (κ2) is 14.3. The number of phenols is 1. The van der Waals surface area contributed by atoms with Gasteiger partial charge in [0.15, 0.2) is 0 Å². The third-order valence-corrected chi connectivity index (χ3v) is 5.48. The Morgan fingerprint density at radius 3 is 1.79 bits per heavy atom. The van der Waals surface area contributed by atoms with Crippen LogP contribution in [0.4, 0.5) is 0 Å². The molecular formula is C25H31N5O8. The van der Waals surface area contributed by atoms with E-state index >= 15 is 0 Å². The minimum Gasteiger partial charge on any atom is -0.508 e. The predicted octanol–water partition coefficient (Wildman–Crippen LogP) is -2.09. The molecule has 204 valence electrons. The summed E-state index contributed by atoms with van der Waals surface area (Å²) in [5, 5.41) is 35.8. The second-order valence-corrected chi connectivity index (χ2v) is 8.54. The fourth-order valence-corrected chi connectivity index (χ4v) is 3.45. The SMILES string of the molecule is NC(=O)CC(N)C(=O)NC(Cc1ccc(O)cc1)C(=O)NC(CO)C(=O)NC(Cc1ccccc1)C(=O)O. The molecule has 0 bridgehead atoms. The molecule has 0 fully saturated rings. The van der Waals surface area contributed by atoms with E-state index in [1.165, 1.54) is 24.3 Å². The predicted molar refractivity (Wildman–Crippen MR) is 134 cm³/mol. The molecule has 0 aromatic heterocycles. The average molecular weight is 530 g/mol. The first-order valence-electron chi connectivity index (χ1n) is 11.6. The van der Waals surface area contributed by atoms with Gasteiger partial charge in [-0.1, -0.05) is 42.5 Å². The van der Waals surface area contributed by atoms with Crippen molar-refractivity contribution < 1.29 is 39.3 Å². The number of carboxylic acids is 1. The molecule has 38 heavy (non-hydrogen) atoms. The van der Waals surface area contributed by atoms with Gasteiger partial charge in [-0.2, -0.15) is 0 Å². The molecular weight excluding hydrogens is 498 g/mol. The topological polar surface area (TPSA) is 234 Å². The third kappa shape index (κ3) is 9.52. The monoisotopic (exact) mass is 529 g/mol. The normalized spacial score (nSPS) is 13.8. The molecule has 2 aromatic carbocycles. The number of carbonyl (C=O) groups is 5. The van der Waals surface area contributed by atoms with Gasteiger partial charge in [0.1, 0.15) is 23.9 Å². The van der Waals surface area contributed by atoms with Crippen LogP contribution in [0.25, 0.3) is 0 Å². The molecule has 0 heterocycles. The number of carbonyl (C=O) groups excluding carboxylic acids is 4. The van der Waals surface area contributed by atoms with Crippen LogP contribution in [-0.4, -0.2) is 75.7 Å². The Morgan fingerprint density at radius 2 is 1.24 bits per heavy atom. The lowest BCUT2D eigenvalue weighted by Crippen LogP contribution is -2.58. The summed E-state index contributed by atoms with van der Waals surface area (Å²) in [6, 6.07) is 8.76. The summed E-state index contributed by atoms with van der Waals surface area (Å²) in [6.45, 7) is -0.865. The zero-order valence-electron chi connectivity index (χ0n) is 20.4. The van der Waals surface area contributed by atoms with Crippen molar-refractivity contribution in [1.29, 1.82) is 0 Å². The molecule has 2 aromatic rings. The van der Waals surface area contributed by atoms with Crippen LogP contribution in [-0.2, 0) is 36.8 Å². The Bertz CT molecular complexity index is 1130. The fourth-order valence-electron chi connectivity index (χ4n) is 3.45. The van der Waals surface area contributed by atoms with Crippen molar-refractivity contribution in [2.75, 3.05) is 6.61 Å². The highest BCUT2D eigenvalue weighted by molar-refractivity contribution is 5.95. The van der Waals surface area contributed by atoms with Gasteiger partial charge >= 0.3 is 5.97 Å². The van der Waals surface area contributed by atoms with Crippen molar-refractivity contribution in [3.8, 4) is 5.75 Å². The van der Waals surface area contributed by atoms with Gasteiger partial charge in [0.05, 0.1) is 19.1 Å². The third-order valence-electron chi connectivity index (χ3n) is 5.48. The first kappa shape index (κ1) is 29.7. The highest BCUT2D eigenvalue weighted by atomic mass is 16.4. The maximum absolute atomic E-state index is 13.1. The Balaban J connectivity index is 2.15. The van der Waals surface area contributed by atoms with E-state index in [0.29, 0.717) is 11.1 Å². The quantitative estimate of drug-likeness (QED) is 0.134. The van der Waals surface area contributed by atoms with E-state index in [0.717, 1.165) is 0 Å². The lowest BCUT2D eigenvalue weighted by atomic mass is 10.0. The number of nitrogens with one attached hydrogen (secondary N) is 3. The zero-order chi connectivity index (χ0) is 28.2. The van der Waals surface area contributed by atoms with Gasteiger partial charge in [-0.15, -0.1) is 0 Å². The largest absolute Gasteiger partial charge is 0.508 e. The molecule has 13 heteroatoms. The summed E-state index contributed by atoms with van der Waals surface area (Å²) < 4.78 is 0. The lowest BCUT2D eigenvalue weighted by Gasteiger charge is -2.24. The Kier molecular flexibility index (Phi) is 11.2. The molecule has 0 spiro atoms. The molecule has 2 rings (SSSR count). The van der Waals surface area contributed by atoms with Crippen LogP contribution in [0.5, 0.6) is 5.75 Å². The van der Waals surface area contributed by atoms with Gasteiger partial charge < -0.3 is 42.7 Å². The number of nitrogens with two attached hydrogens (primary N) is 2. The van der Waals surface area contributed by atoms with Crippen LogP contribution < -0.4 is 27.4 Å². The van der Waals surface area contributed by atoms with Gasteiger partial charge in [0, 0.05) is 12.8 Å². The van der Waals surface area contributed by atoms with Crippen LogP contribution in [0.15, 0.2) is 54.6 Å². The molecule has 4 unspecified atom stereocenters. The van der Waals surface area contributed by atoms with Gasteiger partial charge in [-0.25, -0.2) is 4.79 Å². The number of aromatic hydroxyl groups is 1. The molecule has 10 N–H and O–H groups in total. The summed E-state index contributed by atoms with van der Waals surface area (Å²) in [5.74, 6) is -4.87. The Labute approximate surface area is 218 Å². The van der Waals surface area contributed by atoms with E-state index in [1.807, 2.05) is 0 Å². The molecule has 0 aliphatic carbocycles. The van der Waals surface area contributed by atoms with Crippen LogP contribution in [0.3, 0.4) is 0 Å². The van der Waals surface area contributed by atoms with Gasteiger partial charge in [-0.05, 0) is 23.3 Å². The van der Waals surface area contributed by atoms with E-state index < -0.39 is 66.8 Å². The number of carboxylic acid groups (broad SMARTS) is 1. The van der Waals surface area contributed by atoms with Crippen LogP contribution in [0, 0.1) is 0 Å². The van der Waals surface area contributed by atoms with Crippen molar-refractivity contribution in [1.82, 2.24) is 16.0 Å². The minimum atomic E-state index is -1.54. The molecule has 0 saturated heterocycles. The van der Waals surface area contributed by atoms with Gasteiger partial charge in [0.2, 0.25) is 23.6 Å². The van der Waals surface area contributed by atoms with E-state index in [9.17, 15) is 39.3 Å². The van der Waals surface area contributed by atoms with Crippen molar-refractivity contribution in [3.63, 3.8) is 0 Å². The van der Waals surface area contributed by atoms with Crippen molar-refractivity contribution in [2.45, 2.75) is 43.4 Å². The molecule has 0 aliphatic rings. The maximum atomic E-state index is 13.1. The lowest BCUT2D eigenvalue weighted by molar-refractivity contribution is -0.142. The number of aliphatic carboxylic acids is 1. The molecule has 0 aliphatic heterocycles. The van der Waals surface area contributed by atoms with E-state index in [1.54, 1.807) is 30.3 Å². The van der Waals surface area contributed by atoms with Crippen molar-refractivity contribution in [3.05, 3.63) is 65.7 Å². The van der Waals surface area contributed by atoms with Crippen molar-refractivity contribution in [2.24, 2.45) is 11.5 Å². The van der Waals surface area contributed by atoms with Crippen molar-refractivity contribution >= 4 is 29.6 Å². The summed E-state index contributed by atoms with van der Waals surface area (Å²) in [5.41, 5.74) is 11.9.